The highest BCUT2D eigenvalue weighted by Crippen LogP contribution is 2.27. The molecule has 0 radical (unpaired) electrons. The van der Waals surface area contributed by atoms with Crippen molar-refractivity contribution in [2.24, 2.45) is 0 Å². The second-order valence-corrected chi connectivity index (χ2v) is 6.76. The van der Waals surface area contributed by atoms with Crippen LogP contribution in [0.1, 0.15) is 18.4 Å². The highest BCUT2D eigenvalue weighted by Gasteiger charge is 2.19. The molecule has 2 aromatic carbocycles. The van der Waals surface area contributed by atoms with E-state index in [1.54, 1.807) is 13.2 Å². The average molecular weight is 351 g/mol. The third-order valence-electron chi connectivity index (χ3n) is 5.14. The molecule has 134 valence electrons. The zero-order valence-electron chi connectivity index (χ0n) is 14.7. The first-order chi connectivity index (χ1) is 12.7. The number of benzene rings is 2. The molecular formula is C21H21NO4. The van der Waals surface area contributed by atoms with Crippen LogP contribution in [0, 0.1) is 0 Å². The maximum absolute atomic E-state index is 13.0. The Morgan fingerprint density at radius 1 is 1.12 bits per heavy atom. The van der Waals surface area contributed by atoms with Crippen LogP contribution in [-0.4, -0.2) is 20.2 Å². The lowest BCUT2D eigenvalue weighted by atomic mass is 10.0. The molecule has 26 heavy (non-hydrogen) atoms. The minimum absolute atomic E-state index is 0.0581. The van der Waals surface area contributed by atoms with E-state index in [2.05, 4.69) is 0 Å². The lowest BCUT2D eigenvalue weighted by molar-refractivity contribution is -0.901. The van der Waals surface area contributed by atoms with Crippen molar-refractivity contribution >= 4 is 11.0 Å². The van der Waals surface area contributed by atoms with Gasteiger partial charge in [-0.05, 0) is 23.8 Å². The monoisotopic (exact) mass is 351 g/mol. The maximum atomic E-state index is 13.0. The van der Waals surface area contributed by atoms with Crippen LogP contribution in [0.5, 0.6) is 11.5 Å². The van der Waals surface area contributed by atoms with E-state index in [9.17, 15) is 9.90 Å². The minimum atomic E-state index is -0.117. The molecule has 0 saturated carbocycles. The fourth-order valence-corrected chi connectivity index (χ4v) is 3.68. The summed E-state index contributed by atoms with van der Waals surface area (Å²) in [7, 11) is 1.60. The minimum Gasteiger partial charge on any atom is -0.872 e. The molecular weight excluding hydrogens is 330 g/mol. The van der Waals surface area contributed by atoms with Gasteiger partial charge in [-0.3, -0.25) is 4.79 Å². The average Bonchev–Trinajstić information content (AvgIpc) is 3.18. The molecule has 0 amide bonds. The van der Waals surface area contributed by atoms with Crippen molar-refractivity contribution < 1.29 is 19.2 Å². The molecule has 1 aliphatic heterocycles. The molecule has 1 N–H and O–H groups in total. The number of rotatable bonds is 4. The first kappa shape index (κ1) is 16.7. The van der Waals surface area contributed by atoms with Gasteiger partial charge in [-0.1, -0.05) is 23.9 Å². The van der Waals surface area contributed by atoms with E-state index in [0.29, 0.717) is 28.6 Å². The summed E-state index contributed by atoms with van der Waals surface area (Å²) < 4.78 is 11.0. The van der Waals surface area contributed by atoms with Crippen molar-refractivity contribution in [3.05, 3.63) is 58.4 Å². The maximum Gasteiger partial charge on any atom is 0.200 e. The van der Waals surface area contributed by atoms with Crippen molar-refractivity contribution in [1.82, 2.24) is 0 Å². The predicted octanol–water partition coefficient (Wildman–Crippen LogP) is 1.72. The summed E-state index contributed by atoms with van der Waals surface area (Å²) >= 11 is 0. The van der Waals surface area contributed by atoms with Crippen LogP contribution >= 0.6 is 0 Å². The standard InChI is InChI=1S/C21H21NO4/c1-25-15-6-4-14(5-7-15)18-13-26-21-16(20(18)24)8-9-19(23)17(21)12-22-10-2-3-11-22/h4-9,13,23H,2-3,10-12H2,1H3. The highest BCUT2D eigenvalue weighted by atomic mass is 16.5. The SMILES string of the molecule is COc1ccc(-c2coc3c(C[NH+]4CCCC4)c([O-])ccc3c2=O)cc1. The molecule has 0 unspecified atom stereocenters. The van der Waals surface area contributed by atoms with Crippen molar-refractivity contribution in [1.29, 1.82) is 0 Å². The fourth-order valence-electron chi connectivity index (χ4n) is 3.68. The highest BCUT2D eigenvalue weighted by molar-refractivity contribution is 5.85. The van der Waals surface area contributed by atoms with E-state index >= 15 is 0 Å². The van der Waals surface area contributed by atoms with Gasteiger partial charge in [-0.2, -0.15) is 0 Å². The van der Waals surface area contributed by atoms with Crippen LogP contribution in [0.2, 0.25) is 0 Å². The van der Waals surface area contributed by atoms with Crippen molar-refractivity contribution in [2.75, 3.05) is 20.2 Å². The Kier molecular flexibility index (Phi) is 4.39. The number of nitrogens with one attached hydrogen (secondary N) is 1. The molecule has 5 nitrogen and oxygen atoms in total. The Hall–Kier alpha value is -2.79. The third-order valence-corrected chi connectivity index (χ3v) is 5.14. The zero-order chi connectivity index (χ0) is 18.1. The molecule has 1 aromatic heterocycles. The van der Waals surface area contributed by atoms with Gasteiger partial charge in [-0.15, -0.1) is 0 Å². The van der Waals surface area contributed by atoms with Crippen molar-refractivity contribution in [2.45, 2.75) is 19.4 Å². The molecule has 1 aliphatic rings. The number of likely N-dealkylation sites (tertiary alicyclic amines) is 1. The van der Waals surface area contributed by atoms with Gasteiger partial charge in [0.2, 0.25) is 5.43 Å². The van der Waals surface area contributed by atoms with Gasteiger partial charge in [0.25, 0.3) is 0 Å². The normalized spacial score (nSPS) is 14.8. The summed E-state index contributed by atoms with van der Waals surface area (Å²) in [6.45, 7) is 2.73. The number of quaternary nitrogens is 1. The van der Waals surface area contributed by atoms with Gasteiger partial charge >= 0.3 is 0 Å². The molecule has 0 spiro atoms. The molecule has 0 atom stereocenters. The molecule has 4 rings (SSSR count). The molecule has 1 fully saturated rings. The van der Waals surface area contributed by atoms with E-state index in [1.165, 1.54) is 30.1 Å². The van der Waals surface area contributed by atoms with Crippen LogP contribution in [0.25, 0.3) is 22.1 Å². The van der Waals surface area contributed by atoms with Gasteiger partial charge < -0.3 is 19.2 Å². The second-order valence-electron chi connectivity index (χ2n) is 6.76. The summed E-state index contributed by atoms with van der Waals surface area (Å²) in [4.78, 5) is 14.4. The van der Waals surface area contributed by atoms with Gasteiger partial charge in [-0.25, -0.2) is 0 Å². The van der Waals surface area contributed by atoms with Crippen molar-refractivity contribution in [3.63, 3.8) is 0 Å². The number of ether oxygens (including phenoxy) is 1. The van der Waals surface area contributed by atoms with Crippen LogP contribution in [0.3, 0.4) is 0 Å². The number of methoxy groups -OCH3 is 1. The number of hydrogen-bond donors (Lipinski definition) is 1. The number of fused-ring (bicyclic) bond motifs is 1. The Labute approximate surface area is 151 Å². The summed E-state index contributed by atoms with van der Waals surface area (Å²) in [6, 6.07) is 10.3. The van der Waals surface area contributed by atoms with Crippen LogP contribution < -0.4 is 20.2 Å². The van der Waals surface area contributed by atoms with Gasteiger partial charge in [0.05, 0.1) is 31.1 Å². The summed E-state index contributed by atoms with van der Waals surface area (Å²) in [6.07, 6.45) is 3.83. The fraction of sp³-hybridized carbons (Fsp3) is 0.286. The molecule has 0 bridgehead atoms. The first-order valence-electron chi connectivity index (χ1n) is 8.90. The lowest BCUT2D eigenvalue weighted by Crippen LogP contribution is -3.08. The molecule has 5 heteroatoms. The molecule has 3 aromatic rings. The Morgan fingerprint density at radius 3 is 2.54 bits per heavy atom. The third kappa shape index (κ3) is 2.95. The molecule has 1 saturated heterocycles. The lowest BCUT2D eigenvalue weighted by Gasteiger charge is -2.19. The summed E-state index contributed by atoms with van der Waals surface area (Å²) in [5, 5.41) is 12.8. The van der Waals surface area contributed by atoms with Crippen molar-refractivity contribution in [3.8, 4) is 22.6 Å². The molecule has 2 heterocycles. The number of hydrogen-bond acceptors (Lipinski definition) is 4. The van der Waals surface area contributed by atoms with Gasteiger partial charge in [0, 0.05) is 18.4 Å². The van der Waals surface area contributed by atoms with E-state index in [4.69, 9.17) is 9.15 Å². The zero-order valence-corrected chi connectivity index (χ0v) is 14.7. The summed E-state index contributed by atoms with van der Waals surface area (Å²) in [5.74, 6) is 0.669. The van der Waals surface area contributed by atoms with E-state index in [0.717, 1.165) is 24.4 Å². The van der Waals surface area contributed by atoms with Crippen LogP contribution in [0.4, 0.5) is 0 Å². The second kappa shape index (κ2) is 6.84. The molecule has 0 aliphatic carbocycles. The topological polar surface area (TPSA) is 66.9 Å². The quantitative estimate of drug-likeness (QED) is 0.777. The predicted molar refractivity (Wildman–Crippen MR) is 97.6 cm³/mol. The summed E-state index contributed by atoms with van der Waals surface area (Å²) in [5.41, 5.74) is 2.17. The smallest absolute Gasteiger partial charge is 0.200 e. The van der Waals surface area contributed by atoms with Crippen LogP contribution in [-0.2, 0) is 6.54 Å². The Morgan fingerprint density at radius 2 is 1.85 bits per heavy atom. The first-order valence-corrected chi connectivity index (χ1v) is 8.90. The van der Waals surface area contributed by atoms with Crippen LogP contribution in [0.15, 0.2) is 51.9 Å². The van der Waals surface area contributed by atoms with E-state index in [-0.39, 0.29) is 11.2 Å². The largest absolute Gasteiger partial charge is 0.872 e. The van der Waals surface area contributed by atoms with E-state index in [1.807, 2.05) is 24.3 Å². The Bertz CT molecular complexity index is 985. The van der Waals surface area contributed by atoms with E-state index < -0.39 is 0 Å². The Balaban J connectivity index is 1.80. The van der Waals surface area contributed by atoms with Gasteiger partial charge in [0.15, 0.2) is 0 Å². The van der Waals surface area contributed by atoms with Gasteiger partial charge in [0.1, 0.15) is 24.1 Å².